The Hall–Kier alpha value is -0.750. The van der Waals surface area contributed by atoms with Crippen LogP contribution >= 0.6 is 0 Å². The topological polar surface area (TPSA) is 87.0 Å². The third kappa shape index (κ3) is 2.13. The first-order valence-electron chi connectivity index (χ1n) is 9.23. The maximum Gasteiger partial charge on any atom is 0.171 e. The van der Waals surface area contributed by atoms with E-state index in [1.54, 1.807) is 26.8 Å². The lowest BCUT2D eigenvalue weighted by atomic mass is 9.40. The molecule has 2 aliphatic carbocycles. The molecule has 7 unspecified atom stereocenters. The van der Waals surface area contributed by atoms with Crippen LogP contribution in [0, 0.1) is 16.7 Å². The molecule has 3 aliphatic rings. The van der Waals surface area contributed by atoms with Gasteiger partial charge in [0.1, 0.15) is 5.60 Å². The van der Waals surface area contributed by atoms with Crippen LogP contribution in [0.4, 0.5) is 0 Å². The van der Waals surface area contributed by atoms with Gasteiger partial charge in [0.05, 0.1) is 17.8 Å². The molecule has 2 saturated carbocycles. The first kappa shape index (κ1) is 19.0. The molecule has 1 saturated heterocycles. The van der Waals surface area contributed by atoms with Gasteiger partial charge in [-0.3, -0.25) is 4.79 Å². The molecule has 0 radical (unpaired) electrons. The third-order valence-electron chi connectivity index (χ3n) is 7.58. The lowest BCUT2D eigenvalue weighted by Crippen LogP contribution is -2.82. The largest absolute Gasteiger partial charge is 0.393 e. The summed E-state index contributed by atoms with van der Waals surface area (Å²) in [6, 6.07) is 0. The minimum atomic E-state index is -1.86. The highest BCUT2D eigenvalue weighted by molar-refractivity contribution is 5.92. The lowest BCUT2D eigenvalue weighted by Gasteiger charge is -2.69. The average molecular weight is 352 g/mol. The van der Waals surface area contributed by atoms with Gasteiger partial charge in [-0.1, -0.05) is 26.8 Å². The first-order chi connectivity index (χ1) is 11.3. The van der Waals surface area contributed by atoms with Crippen LogP contribution in [0.15, 0.2) is 12.7 Å². The smallest absolute Gasteiger partial charge is 0.171 e. The molecule has 25 heavy (non-hydrogen) atoms. The number of Topliss-reactive ketones (excluding diaryl/α,β-unsaturated/α-hetero) is 1. The number of ether oxygens (including phenoxy) is 1. The molecule has 5 nitrogen and oxygen atoms in total. The summed E-state index contributed by atoms with van der Waals surface area (Å²) < 4.78 is 6.23. The van der Waals surface area contributed by atoms with Gasteiger partial charge in [0, 0.05) is 24.2 Å². The summed E-state index contributed by atoms with van der Waals surface area (Å²) in [4.78, 5) is 13.3. The maximum absolute atomic E-state index is 13.3. The fraction of sp³-hybridized carbons (Fsp3) is 0.850. The van der Waals surface area contributed by atoms with Crippen molar-refractivity contribution in [2.24, 2.45) is 16.7 Å². The van der Waals surface area contributed by atoms with Crippen molar-refractivity contribution in [3.63, 3.8) is 0 Å². The second-order valence-electron chi connectivity index (χ2n) is 9.73. The van der Waals surface area contributed by atoms with Crippen LogP contribution in [0.3, 0.4) is 0 Å². The van der Waals surface area contributed by atoms with Crippen LogP contribution in [-0.4, -0.2) is 50.1 Å². The predicted octanol–water partition coefficient (Wildman–Crippen LogP) is 1.98. The fourth-order valence-electron chi connectivity index (χ4n) is 6.43. The molecule has 0 spiro atoms. The molecule has 0 aromatic heterocycles. The number of ketones is 1. The lowest BCUT2D eigenvalue weighted by molar-refractivity contribution is -0.341. The van der Waals surface area contributed by atoms with Crippen LogP contribution in [0.1, 0.15) is 60.3 Å². The van der Waals surface area contributed by atoms with E-state index in [2.05, 4.69) is 6.58 Å². The average Bonchev–Trinajstić information content (AvgIpc) is 2.47. The van der Waals surface area contributed by atoms with E-state index in [1.807, 2.05) is 13.8 Å². The molecule has 0 aromatic rings. The van der Waals surface area contributed by atoms with Crippen molar-refractivity contribution in [1.82, 2.24) is 0 Å². The standard InChI is InChI=1S/C20H32O5/c1-7-17(4)11-14(23)20(24)18(5,25-17)10-12(21)15-16(2,3)9-8-13(22)19(15,20)6/h7,12-13,15,21-22,24H,1,8-11H2,2-6H3. The zero-order valence-electron chi connectivity index (χ0n) is 16.0. The normalized spacial score (nSPS) is 55.2. The molecule has 3 N–H and O–H groups in total. The van der Waals surface area contributed by atoms with E-state index in [-0.39, 0.29) is 24.0 Å². The monoisotopic (exact) mass is 352 g/mol. The maximum atomic E-state index is 13.3. The summed E-state index contributed by atoms with van der Waals surface area (Å²) in [7, 11) is 0. The summed E-state index contributed by atoms with van der Waals surface area (Å²) in [5, 5.41) is 33.8. The molecule has 5 heteroatoms. The Morgan fingerprint density at radius 2 is 1.80 bits per heavy atom. The van der Waals surface area contributed by atoms with Crippen molar-refractivity contribution < 1.29 is 24.9 Å². The molecular formula is C20H32O5. The summed E-state index contributed by atoms with van der Waals surface area (Å²) in [5.41, 5.74) is -5.52. The molecule has 7 atom stereocenters. The van der Waals surface area contributed by atoms with Crippen molar-refractivity contribution in [3.05, 3.63) is 12.7 Å². The summed E-state index contributed by atoms with van der Waals surface area (Å²) >= 11 is 0. The zero-order chi connectivity index (χ0) is 19.1. The molecule has 3 fully saturated rings. The molecule has 0 amide bonds. The Labute approximate surface area is 150 Å². The van der Waals surface area contributed by atoms with E-state index < -0.39 is 40.3 Å². The summed E-state index contributed by atoms with van der Waals surface area (Å²) in [5.74, 6) is -0.734. The van der Waals surface area contributed by atoms with Crippen molar-refractivity contribution in [2.75, 3.05) is 0 Å². The molecule has 1 heterocycles. The van der Waals surface area contributed by atoms with E-state index in [0.29, 0.717) is 6.42 Å². The van der Waals surface area contributed by atoms with Crippen molar-refractivity contribution in [3.8, 4) is 0 Å². The van der Waals surface area contributed by atoms with E-state index in [9.17, 15) is 20.1 Å². The Morgan fingerprint density at radius 1 is 1.20 bits per heavy atom. The minimum absolute atomic E-state index is 0.00808. The van der Waals surface area contributed by atoms with Gasteiger partial charge in [-0.05, 0) is 32.1 Å². The van der Waals surface area contributed by atoms with Crippen molar-refractivity contribution in [2.45, 2.75) is 89.3 Å². The number of fused-ring (bicyclic) bond motifs is 3. The Kier molecular flexibility index (Phi) is 3.92. The van der Waals surface area contributed by atoms with E-state index in [4.69, 9.17) is 4.74 Å². The number of carbonyl (C=O) groups excluding carboxylic acids is 1. The highest BCUT2D eigenvalue weighted by atomic mass is 16.5. The summed E-state index contributed by atoms with van der Waals surface area (Å²) in [6.07, 6.45) is 1.29. The van der Waals surface area contributed by atoms with Gasteiger partial charge in [-0.25, -0.2) is 0 Å². The van der Waals surface area contributed by atoms with Gasteiger partial charge in [0.25, 0.3) is 0 Å². The second kappa shape index (κ2) is 5.16. The molecule has 1 aliphatic heterocycles. The van der Waals surface area contributed by atoms with Gasteiger partial charge in [0.15, 0.2) is 11.4 Å². The molecule has 0 aromatic carbocycles. The zero-order valence-corrected chi connectivity index (χ0v) is 16.0. The molecule has 142 valence electrons. The van der Waals surface area contributed by atoms with Crippen LogP contribution in [0.2, 0.25) is 0 Å². The first-order valence-corrected chi connectivity index (χ1v) is 9.23. The summed E-state index contributed by atoms with van der Waals surface area (Å²) in [6.45, 7) is 13.1. The van der Waals surface area contributed by atoms with E-state index in [1.165, 1.54) is 0 Å². The number of hydrogen-bond acceptors (Lipinski definition) is 5. The van der Waals surface area contributed by atoms with Gasteiger partial charge in [-0.2, -0.15) is 0 Å². The van der Waals surface area contributed by atoms with Crippen LogP contribution < -0.4 is 0 Å². The van der Waals surface area contributed by atoms with E-state index in [0.717, 1.165) is 6.42 Å². The van der Waals surface area contributed by atoms with Crippen LogP contribution in [-0.2, 0) is 9.53 Å². The number of hydrogen-bond donors (Lipinski definition) is 3. The van der Waals surface area contributed by atoms with E-state index >= 15 is 0 Å². The Bertz CT molecular complexity index is 615. The second-order valence-corrected chi connectivity index (χ2v) is 9.73. The number of carbonyl (C=O) groups is 1. The molecule has 0 bridgehead atoms. The van der Waals surface area contributed by atoms with Crippen LogP contribution in [0.5, 0.6) is 0 Å². The number of aliphatic hydroxyl groups is 3. The Morgan fingerprint density at radius 3 is 2.36 bits per heavy atom. The highest BCUT2D eigenvalue weighted by Crippen LogP contribution is 2.66. The SMILES string of the molecule is C=CC1(C)CC(=O)C2(O)C(C)(CC(O)C3C(C)(C)CCC(O)C32C)O1. The molecular weight excluding hydrogens is 320 g/mol. The predicted molar refractivity (Wildman–Crippen MR) is 93.9 cm³/mol. The van der Waals surface area contributed by atoms with Crippen LogP contribution in [0.25, 0.3) is 0 Å². The van der Waals surface area contributed by atoms with Gasteiger partial charge in [-0.15, -0.1) is 6.58 Å². The number of rotatable bonds is 1. The third-order valence-corrected chi connectivity index (χ3v) is 7.58. The molecule has 3 rings (SSSR count). The fourth-order valence-corrected chi connectivity index (χ4v) is 6.43. The van der Waals surface area contributed by atoms with Gasteiger partial charge >= 0.3 is 0 Å². The van der Waals surface area contributed by atoms with Gasteiger partial charge < -0.3 is 20.1 Å². The Balaban J connectivity index is 2.23. The van der Waals surface area contributed by atoms with Gasteiger partial charge in [0.2, 0.25) is 0 Å². The highest BCUT2D eigenvalue weighted by Gasteiger charge is 2.77. The quantitative estimate of drug-likeness (QED) is 0.628. The van der Waals surface area contributed by atoms with Crippen molar-refractivity contribution >= 4 is 5.78 Å². The minimum Gasteiger partial charge on any atom is -0.393 e. The van der Waals surface area contributed by atoms with Crippen molar-refractivity contribution in [1.29, 1.82) is 0 Å². The number of aliphatic hydroxyl groups excluding tert-OH is 2.